The van der Waals surface area contributed by atoms with Gasteiger partial charge in [-0.2, -0.15) is 0 Å². The van der Waals surface area contributed by atoms with E-state index in [9.17, 15) is 0 Å². The van der Waals surface area contributed by atoms with Gasteiger partial charge in [-0.3, -0.25) is 0 Å². The van der Waals surface area contributed by atoms with Crippen molar-refractivity contribution in [1.29, 1.82) is 0 Å². The van der Waals surface area contributed by atoms with Crippen molar-refractivity contribution in [2.75, 3.05) is 0 Å². The Labute approximate surface area is 113 Å². The van der Waals surface area contributed by atoms with Gasteiger partial charge in [0.1, 0.15) is 0 Å². The molecule has 1 atom stereocenters. The predicted octanol–water partition coefficient (Wildman–Crippen LogP) is 5.20. The number of allylic oxidation sites excluding steroid dienone is 8. The molecule has 18 heavy (non-hydrogen) atoms. The van der Waals surface area contributed by atoms with Crippen molar-refractivity contribution < 1.29 is 0 Å². The van der Waals surface area contributed by atoms with Crippen LogP contribution >= 0.6 is 11.6 Å². The maximum absolute atomic E-state index is 5.97. The van der Waals surface area contributed by atoms with Crippen LogP contribution in [0.5, 0.6) is 0 Å². The number of rotatable bonds is 1. The molecular formula is C17H15Cl. The van der Waals surface area contributed by atoms with Gasteiger partial charge in [0.25, 0.3) is 0 Å². The van der Waals surface area contributed by atoms with E-state index in [-0.39, 0.29) is 0 Å². The quantitative estimate of drug-likeness (QED) is 0.646. The van der Waals surface area contributed by atoms with Gasteiger partial charge in [0.15, 0.2) is 0 Å². The third-order valence-corrected chi connectivity index (χ3v) is 3.78. The Morgan fingerprint density at radius 1 is 1.11 bits per heavy atom. The smallest absolute Gasteiger partial charge is 0.0406 e. The summed E-state index contributed by atoms with van der Waals surface area (Å²) >= 11 is 5.97. The summed E-state index contributed by atoms with van der Waals surface area (Å²) in [5.41, 5.74) is 5.46. The molecule has 1 aromatic rings. The fraction of sp³-hybridized carbons (Fsp3) is 0.176. The number of hydrogen-bond donors (Lipinski definition) is 0. The fourth-order valence-electron chi connectivity index (χ4n) is 2.67. The molecule has 0 N–H and O–H groups in total. The zero-order valence-corrected chi connectivity index (χ0v) is 11.1. The van der Waals surface area contributed by atoms with Crippen molar-refractivity contribution in [3.63, 3.8) is 0 Å². The normalized spacial score (nSPS) is 21.9. The minimum absolute atomic E-state index is 0.445. The van der Waals surface area contributed by atoms with Crippen LogP contribution in [0.2, 0.25) is 5.02 Å². The molecular weight excluding hydrogens is 240 g/mol. The minimum Gasteiger partial charge on any atom is -0.0843 e. The van der Waals surface area contributed by atoms with Crippen molar-refractivity contribution >= 4 is 11.6 Å². The van der Waals surface area contributed by atoms with E-state index in [1.54, 1.807) is 0 Å². The molecule has 0 aliphatic heterocycles. The SMILES string of the molecule is CC1=CC2=CC=CC[C@H](c3ccc(Cl)cc3)C2=C1. The van der Waals surface area contributed by atoms with E-state index in [0.717, 1.165) is 11.4 Å². The Morgan fingerprint density at radius 2 is 1.89 bits per heavy atom. The Hall–Kier alpha value is -1.53. The van der Waals surface area contributed by atoms with E-state index >= 15 is 0 Å². The van der Waals surface area contributed by atoms with Gasteiger partial charge in [-0.15, -0.1) is 0 Å². The Balaban J connectivity index is 2.02. The average molecular weight is 255 g/mol. The lowest BCUT2D eigenvalue weighted by molar-refractivity contribution is 0.828. The molecule has 0 nitrogen and oxygen atoms in total. The maximum Gasteiger partial charge on any atom is 0.0406 e. The zero-order valence-electron chi connectivity index (χ0n) is 10.4. The average Bonchev–Trinajstić information content (AvgIpc) is 2.61. The van der Waals surface area contributed by atoms with E-state index < -0.39 is 0 Å². The molecule has 0 saturated carbocycles. The summed E-state index contributed by atoms with van der Waals surface area (Å²) < 4.78 is 0. The molecule has 0 heterocycles. The topological polar surface area (TPSA) is 0 Å². The molecule has 0 saturated heterocycles. The summed E-state index contributed by atoms with van der Waals surface area (Å²) in [7, 11) is 0. The summed E-state index contributed by atoms with van der Waals surface area (Å²) in [4.78, 5) is 0. The monoisotopic (exact) mass is 254 g/mol. The lowest BCUT2D eigenvalue weighted by Crippen LogP contribution is -2.01. The highest BCUT2D eigenvalue weighted by Gasteiger charge is 2.22. The van der Waals surface area contributed by atoms with Crippen LogP contribution in [0.1, 0.15) is 24.8 Å². The number of fused-ring (bicyclic) bond motifs is 1. The summed E-state index contributed by atoms with van der Waals surface area (Å²) in [6.45, 7) is 2.16. The van der Waals surface area contributed by atoms with E-state index in [1.807, 2.05) is 12.1 Å². The second kappa shape index (κ2) is 4.62. The van der Waals surface area contributed by atoms with Crippen molar-refractivity contribution in [1.82, 2.24) is 0 Å². The second-order valence-corrected chi connectivity index (χ2v) is 5.31. The first-order chi connectivity index (χ1) is 8.74. The lowest BCUT2D eigenvalue weighted by atomic mass is 9.86. The maximum atomic E-state index is 5.97. The van der Waals surface area contributed by atoms with Gasteiger partial charge in [-0.25, -0.2) is 0 Å². The van der Waals surface area contributed by atoms with Crippen LogP contribution in [-0.4, -0.2) is 0 Å². The first-order valence-electron chi connectivity index (χ1n) is 6.26. The largest absolute Gasteiger partial charge is 0.0843 e. The van der Waals surface area contributed by atoms with Crippen molar-refractivity contribution in [2.24, 2.45) is 0 Å². The van der Waals surface area contributed by atoms with Crippen LogP contribution in [0.15, 0.2) is 71.4 Å². The highest BCUT2D eigenvalue weighted by Crippen LogP contribution is 2.39. The molecule has 0 unspecified atom stereocenters. The molecule has 2 aliphatic carbocycles. The first kappa shape index (κ1) is 11.6. The van der Waals surface area contributed by atoms with E-state index in [2.05, 4.69) is 49.4 Å². The molecule has 2 aliphatic rings. The van der Waals surface area contributed by atoms with Crippen molar-refractivity contribution in [2.45, 2.75) is 19.3 Å². The van der Waals surface area contributed by atoms with Crippen molar-refractivity contribution in [3.8, 4) is 0 Å². The van der Waals surface area contributed by atoms with Crippen LogP contribution in [0, 0.1) is 0 Å². The fourth-order valence-corrected chi connectivity index (χ4v) is 2.80. The minimum atomic E-state index is 0.445. The van der Waals surface area contributed by atoms with Crippen LogP contribution in [-0.2, 0) is 0 Å². The van der Waals surface area contributed by atoms with Gasteiger partial charge < -0.3 is 0 Å². The standard InChI is InChI=1S/C17H15Cl/c1-12-10-14-4-2-3-5-16(17(14)11-12)13-6-8-15(18)9-7-13/h2-4,6-11,16H,5H2,1H3/t16-/m1/s1. The number of halogens is 1. The molecule has 0 bridgehead atoms. The molecule has 0 radical (unpaired) electrons. The van der Waals surface area contributed by atoms with Gasteiger partial charge in [0, 0.05) is 10.9 Å². The molecule has 1 aromatic carbocycles. The summed E-state index contributed by atoms with van der Waals surface area (Å²) in [5, 5.41) is 0.799. The molecule has 0 spiro atoms. The lowest BCUT2D eigenvalue weighted by Gasteiger charge is -2.17. The molecule has 0 amide bonds. The van der Waals surface area contributed by atoms with Crippen LogP contribution < -0.4 is 0 Å². The first-order valence-corrected chi connectivity index (χ1v) is 6.64. The third kappa shape index (κ3) is 2.09. The summed E-state index contributed by atoms with van der Waals surface area (Å²) in [5.74, 6) is 0.445. The van der Waals surface area contributed by atoms with Crippen LogP contribution in [0.3, 0.4) is 0 Å². The van der Waals surface area contributed by atoms with Gasteiger partial charge in [0.2, 0.25) is 0 Å². The van der Waals surface area contributed by atoms with Crippen LogP contribution in [0.25, 0.3) is 0 Å². The van der Waals surface area contributed by atoms with Gasteiger partial charge in [0.05, 0.1) is 0 Å². The molecule has 1 heteroatoms. The highest BCUT2D eigenvalue weighted by molar-refractivity contribution is 6.30. The van der Waals surface area contributed by atoms with Gasteiger partial charge >= 0.3 is 0 Å². The molecule has 0 aromatic heterocycles. The van der Waals surface area contributed by atoms with Gasteiger partial charge in [-0.05, 0) is 42.2 Å². The number of hydrogen-bond acceptors (Lipinski definition) is 0. The van der Waals surface area contributed by atoms with Gasteiger partial charge in [-0.1, -0.05) is 59.7 Å². The second-order valence-electron chi connectivity index (χ2n) is 4.88. The van der Waals surface area contributed by atoms with E-state index in [1.165, 1.54) is 22.3 Å². The van der Waals surface area contributed by atoms with E-state index in [0.29, 0.717) is 5.92 Å². The highest BCUT2D eigenvalue weighted by atomic mass is 35.5. The molecule has 3 rings (SSSR count). The summed E-state index contributed by atoms with van der Waals surface area (Å²) in [6, 6.07) is 8.23. The van der Waals surface area contributed by atoms with E-state index in [4.69, 9.17) is 11.6 Å². The predicted molar refractivity (Wildman–Crippen MR) is 77.9 cm³/mol. The summed E-state index contributed by atoms with van der Waals surface area (Å²) in [6.07, 6.45) is 12.2. The Kier molecular flexibility index (Phi) is 2.97. The van der Waals surface area contributed by atoms with Crippen molar-refractivity contribution in [3.05, 3.63) is 82.0 Å². The Bertz CT molecular complexity index is 583. The number of benzene rings is 1. The van der Waals surface area contributed by atoms with Crippen LogP contribution in [0.4, 0.5) is 0 Å². The molecule has 90 valence electrons. The third-order valence-electron chi connectivity index (χ3n) is 3.53. The Morgan fingerprint density at radius 3 is 2.67 bits per heavy atom. The zero-order chi connectivity index (χ0) is 12.5. The molecule has 0 fully saturated rings.